The lowest BCUT2D eigenvalue weighted by Crippen LogP contribution is -2.47. The second kappa shape index (κ2) is 8.31. The maximum absolute atomic E-state index is 12.0. The van der Waals surface area contributed by atoms with Crippen LogP contribution in [0, 0.1) is 0 Å². The van der Waals surface area contributed by atoms with E-state index in [0.29, 0.717) is 52.3 Å². The first-order chi connectivity index (χ1) is 14.6. The number of imidazole rings is 1. The Hall–Kier alpha value is -2.33. The first kappa shape index (κ1) is 21.9. The average Bonchev–Trinajstić information content (AvgIpc) is 3.04. The number of benzene rings is 1. The molecule has 1 aliphatic heterocycles. The Bertz CT molecular complexity index is 1280. The topological polar surface area (TPSA) is 87.0 Å². The van der Waals surface area contributed by atoms with Crippen LogP contribution >= 0.6 is 23.2 Å². The third-order valence-corrected chi connectivity index (χ3v) is 6.99. The van der Waals surface area contributed by atoms with Crippen LogP contribution in [0.25, 0.3) is 16.9 Å². The fourth-order valence-corrected chi connectivity index (χ4v) is 4.54. The molecular weight excluding hydrogens is 461 g/mol. The smallest absolute Gasteiger partial charge is 0.234 e. The van der Waals surface area contributed by atoms with E-state index in [1.54, 1.807) is 30.5 Å². The van der Waals surface area contributed by atoms with Crippen LogP contribution in [-0.2, 0) is 21.4 Å². The van der Waals surface area contributed by atoms with Gasteiger partial charge >= 0.3 is 0 Å². The first-order valence-electron chi connectivity index (χ1n) is 9.53. The van der Waals surface area contributed by atoms with Crippen LogP contribution in [0.15, 0.2) is 36.5 Å². The Morgan fingerprint density at radius 1 is 1.23 bits per heavy atom. The maximum Gasteiger partial charge on any atom is 0.234 e. The Kier molecular flexibility index (Phi) is 5.87. The van der Waals surface area contributed by atoms with Crippen molar-refractivity contribution >= 4 is 50.5 Å². The van der Waals surface area contributed by atoms with Gasteiger partial charge in [-0.1, -0.05) is 23.2 Å². The van der Waals surface area contributed by atoms with E-state index in [-0.39, 0.29) is 12.5 Å². The zero-order valence-corrected chi connectivity index (χ0v) is 19.3. The van der Waals surface area contributed by atoms with Gasteiger partial charge in [-0.3, -0.25) is 18.4 Å². The fourth-order valence-electron chi connectivity index (χ4n) is 3.55. The number of piperazine rings is 1. The van der Waals surface area contributed by atoms with Gasteiger partial charge in [-0.05, 0) is 30.3 Å². The highest BCUT2D eigenvalue weighted by Gasteiger charge is 2.23. The Balaban J connectivity index is 1.88. The van der Waals surface area contributed by atoms with Crippen molar-refractivity contribution < 1.29 is 13.2 Å². The highest BCUT2D eigenvalue weighted by molar-refractivity contribution is 7.92. The molecule has 0 saturated carbocycles. The van der Waals surface area contributed by atoms with E-state index >= 15 is 0 Å². The molecule has 1 amide bonds. The molecule has 0 unspecified atom stereocenters. The van der Waals surface area contributed by atoms with Gasteiger partial charge in [0, 0.05) is 43.5 Å². The highest BCUT2D eigenvalue weighted by atomic mass is 35.5. The maximum atomic E-state index is 12.0. The van der Waals surface area contributed by atoms with Gasteiger partial charge in [0.25, 0.3) is 0 Å². The summed E-state index contributed by atoms with van der Waals surface area (Å²) >= 11 is 12.5. The molecule has 31 heavy (non-hydrogen) atoms. The number of pyridine rings is 1. The lowest BCUT2D eigenvalue weighted by atomic mass is 10.1. The SMILES string of the molecule is CN(c1ccc2nc(-c3ccc(Cl)cc3Cl)c(CN3CCNC(=O)C3)n2c1)S(C)(=O)=O. The number of aromatic nitrogens is 2. The number of halogens is 2. The number of anilines is 1. The number of hydrogen-bond donors (Lipinski definition) is 1. The minimum atomic E-state index is -3.43. The van der Waals surface area contributed by atoms with E-state index in [0.717, 1.165) is 11.9 Å². The van der Waals surface area contributed by atoms with Crippen LogP contribution in [0.3, 0.4) is 0 Å². The third kappa shape index (κ3) is 4.50. The van der Waals surface area contributed by atoms with Crippen molar-refractivity contribution in [2.24, 2.45) is 0 Å². The molecule has 0 radical (unpaired) electrons. The molecule has 4 rings (SSSR count). The number of rotatable bonds is 5. The zero-order chi connectivity index (χ0) is 22.3. The normalized spacial score (nSPS) is 15.3. The molecule has 1 N–H and O–H groups in total. The quantitative estimate of drug-likeness (QED) is 0.605. The Labute approximate surface area is 190 Å². The fraction of sp³-hybridized carbons (Fsp3) is 0.300. The summed E-state index contributed by atoms with van der Waals surface area (Å²) in [6.45, 7) is 1.96. The van der Waals surface area contributed by atoms with Crippen molar-refractivity contribution in [2.75, 3.05) is 37.2 Å². The summed E-state index contributed by atoms with van der Waals surface area (Å²) in [6, 6.07) is 8.67. The molecule has 8 nitrogen and oxygen atoms in total. The number of fused-ring (bicyclic) bond motifs is 1. The van der Waals surface area contributed by atoms with E-state index in [2.05, 4.69) is 5.32 Å². The molecular formula is C20H21Cl2N5O3S. The van der Waals surface area contributed by atoms with Crippen molar-refractivity contribution in [3.8, 4) is 11.3 Å². The lowest BCUT2D eigenvalue weighted by molar-refractivity contribution is -0.124. The van der Waals surface area contributed by atoms with E-state index in [1.165, 1.54) is 11.4 Å². The van der Waals surface area contributed by atoms with Crippen molar-refractivity contribution in [3.63, 3.8) is 0 Å². The summed E-state index contributed by atoms with van der Waals surface area (Å²) in [4.78, 5) is 18.7. The van der Waals surface area contributed by atoms with Gasteiger partial charge in [-0.25, -0.2) is 13.4 Å². The molecule has 1 fully saturated rings. The number of nitrogens with zero attached hydrogens (tertiary/aromatic N) is 4. The second-order valence-corrected chi connectivity index (χ2v) is 10.3. The number of carbonyl (C=O) groups excluding carboxylic acids is 1. The second-order valence-electron chi connectivity index (χ2n) is 7.44. The summed E-state index contributed by atoms with van der Waals surface area (Å²) in [5.74, 6) is -0.0383. The van der Waals surface area contributed by atoms with Crippen molar-refractivity contribution in [1.29, 1.82) is 0 Å². The molecule has 1 aliphatic rings. The predicted molar refractivity (Wildman–Crippen MR) is 122 cm³/mol. The van der Waals surface area contributed by atoms with Gasteiger partial charge < -0.3 is 5.32 Å². The molecule has 3 heterocycles. The van der Waals surface area contributed by atoms with Crippen LogP contribution in [0.1, 0.15) is 5.69 Å². The van der Waals surface area contributed by atoms with Crippen LogP contribution < -0.4 is 9.62 Å². The monoisotopic (exact) mass is 481 g/mol. The van der Waals surface area contributed by atoms with Gasteiger partial charge in [-0.15, -0.1) is 0 Å². The molecule has 164 valence electrons. The minimum absolute atomic E-state index is 0.0383. The van der Waals surface area contributed by atoms with Gasteiger partial charge in [0.05, 0.1) is 34.9 Å². The van der Waals surface area contributed by atoms with Crippen molar-refractivity contribution in [2.45, 2.75) is 6.54 Å². The summed E-state index contributed by atoms with van der Waals surface area (Å²) in [7, 11) is -1.93. The molecule has 3 aromatic rings. The number of hydrogen-bond acceptors (Lipinski definition) is 5. The van der Waals surface area contributed by atoms with Crippen LogP contribution in [0.2, 0.25) is 10.0 Å². The van der Waals surface area contributed by atoms with Gasteiger partial charge in [0.2, 0.25) is 15.9 Å². The van der Waals surface area contributed by atoms with Crippen molar-refractivity contribution in [3.05, 3.63) is 52.3 Å². The first-order valence-corrected chi connectivity index (χ1v) is 12.1. The number of sulfonamides is 1. The van der Waals surface area contributed by atoms with Crippen LogP contribution in [0.4, 0.5) is 5.69 Å². The Morgan fingerprint density at radius 2 is 2.00 bits per heavy atom. The Morgan fingerprint density at radius 3 is 2.68 bits per heavy atom. The lowest BCUT2D eigenvalue weighted by Gasteiger charge is -2.26. The largest absolute Gasteiger partial charge is 0.354 e. The molecule has 0 spiro atoms. The molecule has 0 aliphatic carbocycles. The third-order valence-electron chi connectivity index (χ3n) is 5.24. The summed E-state index contributed by atoms with van der Waals surface area (Å²) in [6.07, 6.45) is 2.88. The molecule has 1 aromatic carbocycles. The highest BCUT2D eigenvalue weighted by Crippen LogP contribution is 2.34. The van der Waals surface area contributed by atoms with Crippen molar-refractivity contribution in [1.82, 2.24) is 19.6 Å². The van der Waals surface area contributed by atoms with Gasteiger partial charge in [0.15, 0.2) is 0 Å². The molecule has 11 heteroatoms. The molecule has 2 aromatic heterocycles. The summed E-state index contributed by atoms with van der Waals surface area (Å²) in [5.41, 5.74) is 3.32. The van der Waals surface area contributed by atoms with E-state index in [9.17, 15) is 13.2 Å². The molecule has 1 saturated heterocycles. The molecule has 0 bridgehead atoms. The van der Waals surface area contributed by atoms with E-state index in [4.69, 9.17) is 28.2 Å². The number of carbonyl (C=O) groups is 1. The number of amides is 1. The minimum Gasteiger partial charge on any atom is -0.354 e. The van der Waals surface area contributed by atoms with Gasteiger partial charge in [0.1, 0.15) is 5.65 Å². The zero-order valence-electron chi connectivity index (χ0n) is 17.0. The summed E-state index contributed by atoms with van der Waals surface area (Å²) < 4.78 is 27.1. The van der Waals surface area contributed by atoms with Crippen LogP contribution in [-0.4, -0.2) is 61.5 Å². The standard InChI is InChI=1S/C20H21Cl2N5O3S/c1-25(31(2,29)30)14-4-6-18-24-20(15-5-3-13(21)9-16(15)22)17(27(18)10-14)11-26-8-7-23-19(28)12-26/h3-6,9-10H,7-8,11-12H2,1-2H3,(H,23,28). The average molecular weight is 482 g/mol. The van der Waals surface area contributed by atoms with Crippen LogP contribution in [0.5, 0.6) is 0 Å². The van der Waals surface area contributed by atoms with E-state index in [1.807, 2.05) is 15.4 Å². The predicted octanol–water partition coefficient (Wildman–Crippen LogP) is 2.64. The molecule has 0 atom stereocenters. The van der Waals surface area contributed by atoms with E-state index < -0.39 is 10.0 Å². The summed E-state index contributed by atoms with van der Waals surface area (Å²) in [5, 5.41) is 3.80. The van der Waals surface area contributed by atoms with Gasteiger partial charge in [-0.2, -0.15) is 0 Å². The number of nitrogens with one attached hydrogen (secondary N) is 1.